The fraction of sp³-hybridized carbons (Fsp3) is 0.0769. The fourth-order valence-corrected chi connectivity index (χ4v) is 4.14. The molecule has 8 heteroatoms. The molecule has 5 rings (SSSR count). The number of para-hydroxylation sites is 1. The van der Waals surface area contributed by atoms with Gasteiger partial charge in [-0.25, -0.2) is 4.98 Å². The van der Waals surface area contributed by atoms with Crippen molar-refractivity contribution >= 4 is 45.5 Å². The lowest BCUT2D eigenvalue weighted by Crippen LogP contribution is -2.26. The molecular weight excluding hydrogens is 452 g/mol. The van der Waals surface area contributed by atoms with Gasteiger partial charge in [-0.3, -0.25) is 23.4 Å². The molecule has 0 atom stereocenters. The number of nitrogens with one attached hydrogen (secondary N) is 1. The highest BCUT2D eigenvalue weighted by atomic mass is 35.5. The second kappa shape index (κ2) is 8.96. The van der Waals surface area contributed by atoms with Gasteiger partial charge in [-0.2, -0.15) is 0 Å². The van der Waals surface area contributed by atoms with E-state index in [1.165, 1.54) is 4.57 Å². The number of carbonyl (C=O) groups excluding carboxylic acids is 2. The summed E-state index contributed by atoms with van der Waals surface area (Å²) in [5, 5.41) is 3.86. The molecule has 168 valence electrons. The molecule has 0 unspecified atom stereocenters. The molecule has 0 aliphatic rings. The lowest BCUT2D eigenvalue weighted by molar-refractivity contribution is -0.115. The molecule has 0 aliphatic heterocycles. The third-order valence-corrected chi connectivity index (χ3v) is 6.00. The molecule has 5 aromatic rings. The van der Waals surface area contributed by atoms with Gasteiger partial charge in [-0.15, -0.1) is 0 Å². The average molecular weight is 471 g/mol. The van der Waals surface area contributed by atoms with Gasteiger partial charge in [-0.05, 0) is 48.0 Å². The molecule has 7 nitrogen and oxygen atoms in total. The normalized spacial score (nSPS) is 11.1. The molecule has 1 amide bonds. The fourth-order valence-electron chi connectivity index (χ4n) is 3.93. The highest BCUT2D eigenvalue weighted by Crippen LogP contribution is 2.18. The molecule has 2 aromatic heterocycles. The number of rotatable bonds is 6. The van der Waals surface area contributed by atoms with Crippen LogP contribution >= 0.6 is 11.6 Å². The third-order valence-electron chi connectivity index (χ3n) is 5.64. The van der Waals surface area contributed by atoms with E-state index in [0.29, 0.717) is 27.3 Å². The number of anilines is 1. The summed E-state index contributed by atoms with van der Waals surface area (Å²) in [6, 6.07) is 21.0. The van der Waals surface area contributed by atoms with Crippen LogP contribution in [-0.2, 0) is 17.8 Å². The van der Waals surface area contributed by atoms with Crippen LogP contribution in [0.25, 0.3) is 16.6 Å². The maximum atomic E-state index is 13.1. The maximum absolute atomic E-state index is 13.1. The Labute approximate surface area is 199 Å². The molecule has 0 saturated heterocycles. The molecule has 0 bridgehead atoms. The zero-order valence-corrected chi connectivity index (χ0v) is 18.7. The van der Waals surface area contributed by atoms with Crippen LogP contribution < -0.4 is 10.9 Å². The Kier molecular flexibility index (Phi) is 5.69. The molecular formula is C26H19ClN4O3. The van der Waals surface area contributed by atoms with Gasteiger partial charge in [0.25, 0.3) is 5.56 Å². The number of amides is 1. The Morgan fingerprint density at radius 3 is 2.47 bits per heavy atom. The molecule has 3 aromatic carbocycles. The van der Waals surface area contributed by atoms with E-state index < -0.39 is 0 Å². The number of carbonyl (C=O) groups is 2. The Morgan fingerprint density at radius 1 is 0.941 bits per heavy atom. The highest BCUT2D eigenvalue weighted by molar-refractivity contribution is 6.31. The summed E-state index contributed by atoms with van der Waals surface area (Å²) in [5.41, 5.74) is 2.76. The van der Waals surface area contributed by atoms with Crippen molar-refractivity contribution in [2.45, 2.75) is 13.0 Å². The zero-order valence-electron chi connectivity index (χ0n) is 17.9. The predicted molar refractivity (Wildman–Crippen MR) is 132 cm³/mol. The number of aromatic nitrogens is 3. The van der Waals surface area contributed by atoms with Crippen LogP contribution in [0.4, 0.5) is 5.69 Å². The van der Waals surface area contributed by atoms with Crippen molar-refractivity contribution in [2.24, 2.45) is 0 Å². The Bertz CT molecular complexity index is 1600. The predicted octanol–water partition coefficient (Wildman–Crippen LogP) is 4.37. The number of fused-ring (bicyclic) bond motifs is 3. The van der Waals surface area contributed by atoms with Gasteiger partial charge in [0.05, 0.1) is 30.1 Å². The summed E-state index contributed by atoms with van der Waals surface area (Å²) in [4.78, 5) is 42.6. The van der Waals surface area contributed by atoms with Crippen LogP contribution in [0.1, 0.15) is 15.9 Å². The van der Waals surface area contributed by atoms with E-state index in [1.807, 2.05) is 24.3 Å². The van der Waals surface area contributed by atoms with Crippen LogP contribution in [-0.4, -0.2) is 25.6 Å². The van der Waals surface area contributed by atoms with Crippen molar-refractivity contribution in [3.05, 3.63) is 112 Å². The van der Waals surface area contributed by atoms with Gasteiger partial charge in [0.15, 0.2) is 5.78 Å². The minimum atomic E-state index is -0.250. The van der Waals surface area contributed by atoms with Gasteiger partial charge in [0, 0.05) is 16.3 Å². The van der Waals surface area contributed by atoms with Crippen molar-refractivity contribution in [3.63, 3.8) is 0 Å². The molecule has 2 heterocycles. The quantitative estimate of drug-likeness (QED) is 0.373. The lowest BCUT2D eigenvalue weighted by Gasteiger charge is -2.11. The summed E-state index contributed by atoms with van der Waals surface area (Å²) in [6.45, 7) is -0.128. The molecule has 1 N–H and O–H groups in total. The van der Waals surface area contributed by atoms with Gasteiger partial charge in [-0.1, -0.05) is 41.9 Å². The minimum Gasteiger partial charge on any atom is -0.326 e. The van der Waals surface area contributed by atoms with E-state index in [1.54, 1.807) is 65.5 Å². The summed E-state index contributed by atoms with van der Waals surface area (Å²) in [7, 11) is 0. The standard InChI is InChI=1S/C26H19ClN4O3/c27-21-7-3-1-5-18(21)13-24(33)29-19-11-9-17(10-12-19)23(32)15-30-25-14-28-16-31(25)22-8-4-2-6-20(22)26(30)34/h1-12,14,16H,13,15H2,(H,29,33). The van der Waals surface area contributed by atoms with Crippen molar-refractivity contribution < 1.29 is 9.59 Å². The SMILES string of the molecule is O=C(Cc1ccccc1Cl)Nc1ccc(C(=O)Cn2c(=O)c3ccccc3n3cncc23)cc1. The number of ketones is 1. The van der Waals surface area contributed by atoms with E-state index in [4.69, 9.17) is 11.6 Å². The first-order valence-corrected chi connectivity index (χ1v) is 11.0. The molecule has 0 saturated carbocycles. The first-order chi connectivity index (χ1) is 16.5. The molecule has 0 radical (unpaired) electrons. The number of hydrogen-bond donors (Lipinski definition) is 1. The maximum Gasteiger partial charge on any atom is 0.262 e. The number of halogens is 1. The molecule has 0 aliphatic carbocycles. The van der Waals surface area contributed by atoms with Gasteiger partial charge in [0.1, 0.15) is 12.0 Å². The summed E-state index contributed by atoms with van der Waals surface area (Å²) < 4.78 is 3.22. The van der Waals surface area contributed by atoms with E-state index in [0.717, 1.165) is 11.1 Å². The Balaban J connectivity index is 1.34. The largest absolute Gasteiger partial charge is 0.326 e. The second-order valence-electron chi connectivity index (χ2n) is 7.85. The van der Waals surface area contributed by atoms with Crippen molar-refractivity contribution in [1.29, 1.82) is 0 Å². The van der Waals surface area contributed by atoms with Crippen LogP contribution in [0.15, 0.2) is 90.1 Å². The van der Waals surface area contributed by atoms with Crippen molar-refractivity contribution in [3.8, 4) is 0 Å². The second-order valence-corrected chi connectivity index (χ2v) is 8.25. The summed E-state index contributed by atoms with van der Waals surface area (Å²) in [5.74, 6) is -0.438. The van der Waals surface area contributed by atoms with Crippen molar-refractivity contribution in [2.75, 3.05) is 5.32 Å². The first kappa shape index (κ1) is 21.6. The number of benzene rings is 3. The van der Waals surface area contributed by atoms with Crippen LogP contribution in [0.3, 0.4) is 0 Å². The van der Waals surface area contributed by atoms with Gasteiger partial charge in [0.2, 0.25) is 5.91 Å². The summed E-state index contributed by atoms with van der Waals surface area (Å²) >= 11 is 6.12. The number of hydrogen-bond acceptors (Lipinski definition) is 4. The molecule has 34 heavy (non-hydrogen) atoms. The molecule has 0 fully saturated rings. The zero-order chi connectivity index (χ0) is 23.7. The summed E-state index contributed by atoms with van der Waals surface area (Å²) in [6.07, 6.45) is 3.34. The van der Waals surface area contributed by atoms with E-state index in [9.17, 15) is 14.4 Å². The minimum absolute atomic E-state index is 0.128. The molecule has 0 spiro atoms. The average Bonchev–Trinajstić information content (AvgIpc) is 3.34. The number of imidazole rings is 1. The highest BCUT2D eigenvalue weighted by Gasteiger charge is 2.15. The first-order valence-electron chi connectivity index (χ1n) is 10.6. The van der Waals surface area contributed by atoms with Crippen LogP contribution in [0.5, 0.6) is 0 Å². The van der Waals surface area contributed by atoms with E-state index in [-0.39, 0.29) is 30.2 Å². The topological polar surface area (TPSA) is 85.5 Å². The number of nitrogens with zero attached hydrogens (tertiary/aromatic N) is 3. The van der Waals surface area contributed by atoms with Crippen LogP contribution in [0.2, 0.25) is 5.02 Å². The monoisotopic (exact) mass is 470 g/mol. The Hall–Kier alpha value is -4.23. The smallest absolute Gasteiger partial charge is 0.262 e. The number of Topliss-reactive ketones (excluding diaryl/α,β-unsaturated/α-hetero) is 1. The van der Waals surface area contributed by atoms with Gasteiger partial charge < -0.3 is 5.32 Å². The Morgan fingerprint density at radius 2 is 1.68 bits per heavy atom. The van der Waals surface area contributed by atoms with Crippen molar-refractivity contribution in [1.82, 2.24) is 14.0 Å². The van der Waals surface area contributed by atoms with E-state index >= 15 is 0 Å². The third kappa shape index (κ3) is 4.09. The lowest BCUT2D eigenvalue weighted by atomic mass is 10.1. The van der Waals surface area contributed by atoms with Gasteiger partial charge >= 0.3 is 0 Å². The van der Waals surface area contributed by atoms with Crippen LogP contribution in [0, 0.1) is 0 Å². The van der Waals surface area contributed by atoms with E-state index in [2.05, 4.69) is 10.3 Å².